The van der Waals surface area contributed by atoms with Gasteiger partial charge in [-0.15, -0.1) is 0 Å². The van der Waals surface area contributed by atoms with Gasteiger partial charge in [-0.25, -0.2) is 9.78 Å². The maximum absolute atomic E-state index is 12.5. The van der Waals surface area contributed by atoms with Crippen LogP contribution in [0.25, 0.3) is 22.4 Å². The Kier molecular flexibility index (Phi) is 4.22. The summed E-state index contributed by atoms with van der Waals surface area (Å²) < 4.78 is 1.77. The van der Waals surface area contributed by atoms with E-state index in [-0.39, 0.29) is 11.7 Å². The van der Waals surface area contributed by atoms with Crippen molar-refractivity contribution in [3.8, 4) is 11.3 Å². The van der Waals surface area contributed by atoms with E-state index in [1.54, 1.807) is 10.8 Å². The average Bonchev–Trinajstić information content (AvgIpc) is 2.85. The molecule has 0 saturated carbocycles. The monoisotopic (exact) mass is 330 g/mol. The van der Waals surface area contributed by atoms with Crippen molar-refractivity contribution >= 4 is 22.8 Å². The molecule has 0 aliphatic heterocycles. The summed E-state index contributed by atoms with van der Waals surface area (Å²) >= 11 is 6.43. The fourth-order valence-corrected chi connectivity index (χ4v) is 3.23. The van der Waals surface area contributed by atoms with Gasteiger partial charge < -0.3 is 0 Å². The number of fused-ring (bicyclic) bond motifs is 1. The van der Waals surface area contributed by atoms with Gasteiger partial charge in [-0.3, -0.25) is 14.5 Å². The SMILES string of the molecule is CCC(CC)n1c(=O)[nH]c2ncc(Cl)c(-c3cccc(C)n3)c21. The van der Waals surface area contributed by atoms with Crippen molar-refractivity contribution in [1.29, 1.82) is 0 Å². The molecule has 0 amide bonds. The predicted octanol–water partition coefficient (Wildman–Crippen LogP) is 4.11. The molecule has 0 atom stereocenters. The van der Waals surface area contributed by atoms with Crippen LogP contribution < -0.4 is 5.69 Å². The van der Waals surface area contributed by atoms with E-state index >= 15 is 0 Å². The van der Waals surface area contributed by atoms with Gasteiger partial charge in [0.05, 0.1) is 16.2 Å². The van der Waals surface area contributed by atoms with Gasteiger partial charge in [0.2, 0.25) is 0 Å². The summed E-state index contributed by atoms with van der Waals surface area (Å²) in [7, 11) is 0. The molecule has 6 heteroatoms. The predicted molar refractivity (Wildman–Crippen MR) is 93.0 cm³/mol. The van der Waals surface area contributed by atoms with Crippen molar-refractivity contribution in [2.24, 2.45) is 0 Å². The molecule has 0 unspecified atom stereocenters. The molecular weight excluding hydrogens is 312 g/mol. The number of hydrogen-bond donors (Lipinski definition) is 1. The molecule has 23 heavy (non-hydrogen) atoms. The standard InChI is InChI=1S/C17H19ClN4O/c1-4-11(5-2)22-15-14(13-8-6-7-10(3)20-13)12(18)9-19-16(15)21-17(22)23/h6-9,11H,4-5H2,1-3H3,(H,19,21,23). The molecule has 120 valence electrons. The van der Waals surface area contributed by atoms with Crippen molar-refractivity contribution in [3.63, 3.8) is 0 Å². The molecule has 0 fully saturated rings. The molecule has 3 heterocycles. The quantitative estimate of drug-likeness (QED) is 0.783. The minimum Gasteiger partial charge on any atom is -0.290 e. The highest BCUT2D eigenvalue weighted by atomic mass is 35.5. The van der Waals surface area contributed by atoms with E-state index in [2.05, 4.69) is 28.8 Å². The van der Waals surface area contributed by atoms with Crippen LogP contribution in [0.1, 0.15) is 38.4 Å². The number of imidazole rings is 1. The third kappa shape index (κ3) is 2.65. The number of H-pyrrole nitrogens is 1. The van der Waals surface area contributed by atoms with Crippen molar-refractivity contribution in [3.05, 3.63) is 45.6 Å². The number of pyridine rings is 2. The first kappa shape index (κ1) is 15.7. The lowest BCUT2D eigenvalue weighted by atomic mass is 10.1. The summed E-state index contributed by atoms with van der Waals surface area (Å²) in [5.41, 5.74) is 3.53. The number of aromatic nitrogens is 4. The van der Waals surface area contributed by atoms with E-state index in [1.807, 2.05) is 25.1 Å². The summed E-state index contributed by atoms with van der Waals surface area (Å²) in [6.07, 6.45) is 3.28. The third-order valence-electron chi connectivity index (χ3n) is 4.14. The molecule has 0 bridgehead atoms. The van der Waals surface area contributed by atoms with Gasteiger partial charge in [0, 0.05) is 23.5 Å². The second-order valence-corrected chi connectivity index (χ2v) is 6.02. The number of rotatable bonds is 4. The molecular formula is C17H19ClN4O. The molecule has 3 aromatic rings. The molecule has 0 saturated heterocycles. The zero-order valence-electron chi connectivity index (χ0n) is 13.4. The van der Waals surface area contributed by atoms with Crippen LogP contribution in [0.2, 0.25) is 5.02 Å². The zero-order valence-corrected chi connectivity index (χ0v) is 14.2. The van der Waals surface area contributed by atoms with Gasteiger partial charge in [0.15, 0.2) is 5.65 Å². The van der Waals surface area contributed by atoms with Gasteiger partial charge >= 0.3 is 5.69 Å². The number of nitrogens with one attached hydrogen (secondary N) is 1. The molecule has 0 spiro atoms. The molecule has 3 aromatic heterocycles. The lowest BCUT2D eigenvalue weighted by Crippen LogP contribution is -2.21. The Morgan fingerprint density at radius 3 is 2.70 bits per heavy atom. The molecule has 3 rings (SSSR count). The van der Waals surface area contributed by atoms with E-state index in [1.165, 1.54) is 0 Å². The summed E-state index contributed by atoms with van der Waals surface area (Å²) in [6.45, 7) is 6.07. The van der Waals surface area contributed by atoms with Crippen LogP contribution in [0.4, 0.5) is 0 Å². The highest BCUT2D eigenvalue weighted by Gasteiger charge is 2.21. The first-order valence-corrected chi connectivity index (χ1v) is 8.17. The number of aryl methyl sites for hydroxylation is 1. The van der Waals surface area contributed by atoms with E-state index in [9.17, 15) is 4.79 Å². The molecule has 5 nitrogen and oxygen atoms in total. The van der Waals surface area contributed by atoms with E-state index < -0.39 is 0 Å². The smallest absolute Gasteiger partial charge is 0.290 e. The number of nitrogens with zero attached hydrogens (tertiary/aromatic N) is 3. The van der Waals surface area contributed by atoms with E-state index in [4.69, 9.17) is 11.6 Å². The second kappa shape index (κ2) is 6.16. The number of hydrogen-bond acceptors (Lipinski definition) is 3. The molecule has 0 aromatic carbocycles. The topological polar surface area (TPSA) is 63.6 Å². The number of aromatic amines is 1. The van der Waals surface area contributed by atoms with Gasteiger partial charge in [-0.1, -0.05) is 31.5 Å². The molecule has 0 aliphatic rings. The fourth-order valence-electron chi connectivity index (χ4n) is 3.00. The minimum atomic E-state index is -0.155. The number of halogens is 1. The Hall–Kier alpha value is -2.14. The van der Waals surface area contributed by atoms with Crippen LogP contribution in [-0.2, 0) is 0 Å². The van der Waals surface area contributed by atoms with Crippen molar-refractivity contribution in [2.45, 2.75) is 39.7 Å². The summed E-state index contributed by atoms with van der Waals surface area (Å²) in [4.78, 5) is 24.2. The lowest BCUT2D eigenvalue weighted by molar-refractivity contribution is 0.471. The molecule has 0 aliphatic carbocycles. The first-order chi connectivity index (χ1) is 11.1. The van der Waals surface area contributed by atoms with Gasteiger partial charge in [-0.2, -0.15) is 0 Å². The van der Waals surface area contributed by atoms with Crippen LogP contribution >= 0.6 is 11.6 Å². The Labute approximate surface area is 139 Å². The maximum Gasteiger partial charge on any atom is 0.327 e. The van der Waals surface area contributed by atoms with E-state index in [0.717, 1.165) is 35.3 Å². The lowest BCUT2D eigenvalue weighted by Gasteiger charge is -2.16. The minimum absolute atomic E-state index is 0.0973. The van der Waals surface area contributed by atoms with Crippen molar-refractivity contribution in [2.75, 3.05) is 0 Å². The van der Waals surface area contributed by atoms with Crippen LogP contribution in [0.5, 0.6) is 0 Å². The van der Waals surface area contributed by atoms with E-state index in [0.29, 0.717) is 10.7 Å². The first-order valence-electron chi connectivity index (χ1n) is 7.79. The zero-order chi connectivity index (χ0) is 16.6. The molecule has 1 N–H and O–H groups in total. The highest BCUT2D eigenvalue weighted by molar-refractivity contribution is 6.34. The maximum atomic E-state index is 12.5. The van der Waals surface area contributed by atoms with Crippen LogP contribution in [0.3, 0.4) is 0 Å². The van der Waals surface area contributed by atoms with Gasteiger partial charge in [-0.05, 0) is 31.9 Å². The van der Waals surface area contributed by atoms with Crippen LogP contribution in [0, 0.1) is 6.92 Å². The summed E-state index contributed by atoms with van der Waals surface area (Å²) in [6, 6.07) is 5.87. The van der Waals surface area contributed by atoms with Gasteiger partial charge in [0.1, 0.15) is 0 Å². The summed E-state index contributed by atoms with van der Waals surface area (Å²) in [5.74, 6) is 0. The Balaban J connectivity index is 2.41. The van der Waals surface area contributed by atoms with Crippen molar-refractivity contribution < 1.29 is 0 Å². The summed E-state index contributed by atoms with van der Waals surface area (Å²) in [5, 5.41) is 0.495. The average molecular weight is 331 g/mol. The van der Waals surface area contributed by atoms with Crippen LogP contribution in [-0.4, -0.2) is 19.5 Å². The highest BCUT2D eigenvalue weighted by Crippen LogP contribution is 2.34. The molecule has 0 radical (unpaired) electrons. The second-order valence-electron chi connectivity index (χ2n) is 5.61. The Morgan fingerprint density at radius 1 is 1.30 bits per heavy atom. The van der Waals surface area contributed by atoms with Crippen molar-refractivity contribution in [1.82, 2.24) is 19.5 Å². The third-order valence-corrected chi connectivity index (χ3v) is 4.43. The van der Waals surface area contributed by atoms with Crippen LogP contribution in [0.15, 0.2) is 29.2 Å². The van der Waals surface area contributed by atoms with Gasteiger partial charge in [0.25, 0.3) is 0 Å². The Bertz CT molecular complexity index is 909. The largest absolute Gasteiger partial charge is 0.327 e. The Morgan fingerprint density at radius 2 is 2.04 bits per heavy atom. The fraction of sp³-hybridized carbons (Fsp3) is 0.353. The normalized spacial score (nSPS) is 11.5.